The van der Waals surface area contributed by atoms with Crippen LogP contribution < -0.4 is 10.6 Å². The van der Waals surface area contributed by atoms with Crippen LogP contribution in [0.4, 0.5) is 0 Å². The van der Waals surface area contributed by atoms with Gasteiger partial charge in [0.2, 0.25) is 5.91 Å². The van der Waals surface area contributed by atoms with Crippen LogP contribution in [0.25, 0.3) is 0 Å². The first kappa shape index (κ1) is 14.3. The van der Waals surface area contributed by atoms with Crippen LogP contribution in [0.1, 0.15) is 20.3 Å². The Hall–Kier alpha value is -0.650. The lowest BCUT2D eigenvalue weighted by molar-refractivity contribution is -0.121. The third kappa shape index (κ3) is 11.3. The van der Waals surface area contributed by atoms with E-state index >= 15 is 0 Å². The number of amides is 1. The van der Waals surface area contributed by atoms with E-state index in [2.05, 4.69) is 10.6 Å². The molecule has 0 aliphatic heterocycles. The second kappa shape index (κ2) is 7.62. The van der Waals surface area contributed by atoms with Crippen LogP contribution in [0.15, 0.2) is 0 Å². The van der Waals surface area contributed by atoms with Gasteiger partial charge in [-0.05, 0) is 13.8 Å². The van der Waals surface area contributed by atoms with E-state index in [0.717, 1.165) is 0 Å². The molecule has 0 atom stereocenters. The van der Waals surface area contributed by atoms with Gasteiger partial charge in [-0.25, -0.2) is 0 Å². The summed E-state index contributed by atoms with van der Waals surface area (Å²) in [4.78, 5) is 11.2. The zero-order chi connectivity index (χ0) is 11.7. The molecular weight excluding hydrogens is 196 g/mol. The summed E-state index contributed by atoms with van der Waals surface area (Å²) in [7, 11) is 1.59. The summed E-state index contributed by atoms with van der Waals surface area (Å²) in [5, 5.41) is 15.1. The average molecular weight is 218 g/mol. The molecule has 0 aromatic heterocycles. The molecule has 0 unspecified atom stereocenters. The minimum atomic E-state index is -0.730. The van der Waals surface area contributed by atoms with Crippen molar-refractivity contribution in [3.63, 3.8) is 0 Å². The number of aliphatic hydroxyl groups is 1. The molecule has 90 valence electrons. The first-order valence-electron chi connectivity index (χ1n) is 5.14. The van der Waals surface area contributed by atoms with Crippen molar-refractivity contribution in [2.24, 2.45) is 0 Å². The van der Waals surface area contributed by atoms with Gasteiger partial charge in [0.25, 0.3) is 0 Å². The summed E-state index contributed by atoms with van der Waals surface area (Å²) in [6.45, 7) is 5.57. The van der Waals surface area contributed by atoms with E-state index in [4.69, 9.17) is 4.74 Å². The Bertz CT molecular complexity index is 178. The summed E-state index contributed by atoms with van der Waals surface area (Å²) in [6, 6.07) is 0. The van der Waals surface area contributed by atoms with Gasteiger partial charge in [-0.1, -0.05) is 0 Å². The highest BCUT2D eigenvalue weighted by atomic mass is 16.5. The first-order valence-corrected chi connectivity index (χ1v) is 5.14. The number of carbonyl (C=O) groups is 1. The van der Waals surface area contributed by atoms with Crippen LogP contribution in [-0.2, 0) is 9.53 Å². The standard InChI is InChI=1S/C10H22N2O3/c1-10(2,14)8-11-5-4-9(13)12-6-7-15-3/h11,14H,4-8H2,1-3H3,(H,12,13). The van der Waals surface area contributed by atoms with Gasteiger partial charge in [0, 0.05) is 33.2 Å². The highest BCUT2D eigenvalue weighted by Gasteiger charge is 2.11. The van der Waals surface area contributed by atoms with Gasteiger partial charge in [-0.2, -0.15) is 0 Å². The molecule has 0 spiro atoms. The first-order chi connectivity index (χ1) is 6.95. The van der Waals surface area contributed by atoms with Crippen LogP contribution in [0.2, 0.25) is 0 Å². The van der Waals surface area contributed by atoms with Crippen LogP contribution >= 0.6 is 0 Å². The zero-order valence-corrected chi connectivity index (χ0v) is 9.80. The number of ether oxygens (including phenoxy) is 1. The maximum atomic E-state index is 11.2. The van der Waals surface area contributed by atoms with Crippen LogP contribution in [-0.4, -0.2) is 50.0 Å². The lowest BCUT2D eigenvalue weighted by atomic mass is 10.1. The van der Waals surface area contributed by atoms with Crippen LogP contribution in [0, 0.1) is 0 Å². The molecule has 0 rings (SSSR count). The van der Waals surface area contributed by atoms with Gasteiger partial charge < -0.3 is 20.5 Å². The molecule has 5 heteroatoms. The highest BCUT2D eigenvalue weighted by Crippen LogP contribution is 1.96. The fraction of sp³-hybridized carbons (Fsp3) is 0.900. The smallest absolute Gasteiger partial charge is 0.221 e. The summed E-state index contributed by atoms with van der Waals surface area (Å²) < 4.78 is 4.80. The second-order valence-electron chi connectivity index (χ2n) is 4.08. The van der Waals surface area contributed by atoms with Crippen molar-refractivity contribution in [2.45, 2.75) is 25.9 Å². The maximum absolute atomic E-state index is 11.2. The number of methoxy groups -OCH3 is 1. The van der Waals surface area contributed by atoms with Crippen molar-refractivity contribution in [3.8, 4) is 0 Å². The Balaban J connectivity index is 3.32. The summed E-state index contributed by atoms with van der Waals surface area (Å²) in [6.07, 6.45) is 0.416. The van der Waals surface area contributed by atoms with Gasteiger partial charge >= 0.3 is 0 Å². The summed E-state index contributed by atoms with van der Waals surface area (Å²) in [5.41, 5.74) is -0.730. The number of hydrogen-bond acceptors (Lipinski definition) is 4. The predicted molar refractivity (Wildman–Crippen MR) is 58.7 cm³/mol. The van der Waals surface area contributed by atoms with Crippen molar-refractivity contribution in [1.82, 2.24) is 10.6 Å². The summed E-state index contributed by atoms with van der Waals surface area (Å²) in [5.74, 6) is -0.00436. The predicted octanol–water partition coefficient (Wildman–Crippen LogP) is -0.500. The van der Waals surface area contributed by atoms with Gasteiger partial charge in [-0.3, -0.25) is 4.79 Å². The number of nitrogens with one attached hydrogen (secondary N) is 2. The largest absolute Gasteiger partial charge is 0.389 e. The van der Waals surface area contributed by atoms with E-state index in [1.54, 1.807) is 21.0 Å². The molecule has 0 fully saturated rings. The number of carbonyl (C=O) groups excluding carboxylic acids is 1. The average Bonchev–Trinajstić information content (AvgIpc) is 2.11. The molecule has 1 amide bonds. The van der Waals surface area contributed by atoms with Gasteiger partial charge in [0.05, 0.1) is 12.2 Å². The van der Waals surface area contributed by atoms with Crippen molar-refractivity contribution < 1.29 is 14.6 Å². The van der Waals surface area contributed by atoms with Gasteiger partial charge in [0.15, 0.2) is 0 Å². The Morgan fingerprint density at radius 2 is 2.07 bits per heavy atom. The molecular formula is C10H22N2O3. The Morgan fingerprint density at radius 1 is 1.40 bits per heavy atom. The third-order valence-electron chi connectivity index (χ3n) is 1.71. The van der Waals surface area contributed by atoms with Crippen molar-refractivity contribution >= 4 is 5.91 Å². The fourth-order valence-electron chi connectivity index (χ4n) is 0.977. The minimum Gasteiger partial charge on any atom is -0.389 e. The molecule has 15 heavy (non-hydrogen) atoms. The Labute approximate surface area is 91.2 Å². The quantitative estimate of drug-likeness (QED) is 0.480. The zero-order valence-electron chi connectivity index (χ0n) is 9.80. The monoisotopic (exact) mass is 218 g/mol. The number of hydrogen-bond donors (Lipinski definition) is 3. The molecule has 0 heterocycles. The van der Waals surface area contributed by atoms with E-state index in [1.165, 1.54) is 0 Å². The van der Waals surface area contributed by atoms with E-state index in [9.17, 15) is 9.90 Å². The van der Waals surface area contributed by atoms with Crippen LogP contribution in [0.5, 0.6) is 0 Å². The molecule has 0 aliphatic rings. The molecule has 0 bridgehead atoms. The minimum absolute atomic E-state index is 0.00436. The van der Waals surface area contributed by atoms with Crippen molar-refractivity contribution in [3.05, 3.63) is 0 Å². The molecule has 0 aliphatic carbocycles. The van der Waals surface area contributed by atoms with Gasteiger partial charge in [-0.15, -0.1) is 0 Å². The third-order valence-corrected chi connectivity index (χ3v) is 1.71. The lowest BCUT2D eigenvalue weighted by Crippen LogP contribution is -2.37. The highest BCUT2D eigenvalue weighted by molar-refractivity contribution is 5.75. The molecule has 0 aromatic rings. The molecule has 0 saturated heterocycles. The Kier molecular flexibility index (Phi) is 7.29. The van der Waals surface area contributed by atoms with Crippen LogP contribution in [0.3, 0.4) is 0 Å². The fourth-order valence-corrected chi connectivity index (χ4v) is 0.977. The SMILES string of the molecule is COCCNC(=O)CCNCC(C)(C)O. The molecule has 0 saturated carbocycles. The molecule has 0 radical (unpaired) electrons. The van der Waals surface area contributed by atoms with E-state index in [0.29, 0.717) is 32.7 Å². The van der Waals surface area contributed by atoms with Gasteiger partial charge in [0.1, 0.15) is 0 Å². The molecule has 0 aromatic carbocycles. The maximum Gasteiger partial charge on any atom is 0.221 e. The van der Waals surface area contributed by atoms with Crippen molar-refractivity contribution in [1.29, 1.82) is 0 Å². The second-order valence-corrected chi connectivity index (χ2v) is 4.08. The van der Waals surface area contributed by atoms with E-state index in [-0.39, 0.29) is 5.91 Å². The van der Waals surface area contributed by atoms with E-state index < -0.39 is 5.60 Å². The van der Waals surface area contributed by atoms with Crippen molar-refractivity contribution in [2.75, 3.05) is 33.4 Å². The topological polar surface area (TPSA) is 70.6 Å². The molecule has 3 N–H and O–H groups in total. The van der Waals surface area contributed by atoms with E-state index in [1.807, 2.05) is 0 Å². The Morgan fingerprint density at radius 3 is 2.60 bits per heavy atom. The number of rotatable bonds is 8. The lowest BCUT2D eigenvalue weighted by Gasteiger charge is -2.17. The molecule has 5 nitrogen and oxygen atoms in total. The normalized spacial score (nSPS) is 11.5. The summed E-state index contributed by atoms with van der Waals surface area (Å²) >= 11 is 0.